The van der Waals surface area contributed by atoms with Gasteiger partial charge in [-0.15, -0.1) is 0 Å². The van der Waals surface area contributed by atoms with Gasteiger partial charge in [-0.05, 0) is 59.4 Å². The predicted octanol–water partition coefficient (Wildman–Crippen LogP) is 2.62. The van der Waals surface area contributed by atoms with Crippen molar-refractivity contribution in [1.29, 1.82) is 0 Å². The van der Waals surface area contributed by atoms with Gasteiger partial charge in [-0.2, -0.15) is 0 Å². The molecule has 2 atom stereocenters. The lowest BCUT2D eigenvalue weighted by Crippen LogP contribution is -2.57. The molecule has 0 bridgehead atoms. The van der Waals surface area contributed by atoms with Crippen LogP contribution in [0.25, 0.3) is 0 Å². The number of hydrogen-bond donors (Lipinski definition) is 2. The zero-order valence-corrected chi connectivity index (χ0v) is 20.3. The second-order valence-electron chi connectivity index (χ2n) is 9.31. The average Bonchev–Trinajstić information content (AvgIpc) is 2.68. The van der Waals surface area contributed by atoms with Gasteiger partial charge in [-0.3, -0.25) is 14.4 Å². The van der Waals surface area contributed by atoms with Crippen LogP contribution in [0.2, 0.25) is 0 Å². The molecule has 0 aliphatic heterocycles. The molecule has 2 N–H and O–H groups in total. The molecule has 182 valence electrons. The SMILES string of the molecule is COC(=O)CNC(=O)C(c1cccc(C)c1)N(C(=O)C(C)NC(=O)OC(C)(C)C)C1CCC1. The number of rotatable bonds is 8. The van der Waals surface area contributed by atoms with Crippen LogP contribution >= 0.6 is 0 Å². The van der Waals surface area contributed by atoms with E-state index in [0.717, 1.165) is 24.8 Å². The number of nitrogens with one attached hydrogen (secondary N) is 2. The predicted molar refractivity (Wildman–Crippen MR) is 122 cm³/mol. The number of nitrogens with zero attached hydrogens (tertiary/aromatic N) is 1. The van der Waals surface area contributed by atoms with Gasteiger partial charge in [0.25, 0.3) is 0 Å². The van der Waals surface area contributed by atoms with Gasteiger partial charge in [0.15, 0.2) is 0 Å². The summed E-state index contributed by atoms with van der Waals surface area (Å²) in [5.41, 5.74) is 0.847. The summed E-state index contributed by atoms with van der Waals surface area (Å²) in [6.45, 7) is 8.36. The summed E-state index contributed by atoms with van der Waals surface area (Å²) in [5.74, 6) is -1.48. The van der Waals surface area contributed by atoms with Crippen LogP contribution in [0.3, 0.4) is 0 Å². The molecule has 1 aliphatic carbocycles. The van der Waals surface area contributed by atoms with E-state index in [1.165, 1.54) is 12.0 Å². The van der Waals surface area contributed by atoms with Crippen LogP contribution in [-0.2, 0) is 23.9 Å². The molecular weight excluding hydrogens is 426 g/mol. The lowest BCUT2D eigenvalue weighted by molar-refractivity contribution is -0.148. The van der Waals surface area contributed by atoms with Crippen molar-refractivity contribution in [2.45, 2.75) is 77.6 Å². The Balaban J connectivity index is 2.35. The molecule has 1 fully saturated rings. The summed E-state index contributed by atoms with van der Waals surface area (Å²) in [4.78, 5) is 52.2. The normalized spacial score (nSPS) is 15.5. The first-order chi connectivity index (χ1) is 15.4. The molecule has 1 aromatic carbocycles. The van der Waals surface area contributed by atoms with Crippen molar-refractivity contribution in [2.75, 3.05) is 13.7 Å². The average molecular weight is 462 g/mol. The van der Waals surface area contributed by atoms with Crippen molar-refractivity contribution in [3.05, 3.63) is 35.4 Å². The number of amides is 3. The molecule has 0 spiro atoms. The zero-order valence-electron chi connectivity index (χ0n) is 20.3. The lowest BCUT2D eigenvalue weighted by atomic mass is 9.88. The standard InChI is InChI=1S/C24H35N3O6/c1-15-9-7-10-17(13-15)20(21(29)25-14-19(28)32-6)27(18-11-8-12-18)22(30)16(2)26-23(31)33-24(3,4)5/h7,9-10,13,16,18,20H,8,11-12,14H2,1-6H3,(H,25,29)(H,26,31). The molecule has 3 amide bonds. The fourth-order valence-corrected chi connectivity index (χ4v) is 3.56. The summed E-state index contributed by atoms with van der Waals surface area (Å²) < 4.78 is 9.89. The van der Waals surface area contributed by atoms with Crippen molar-refractivity contribution in [3.63, 3.8) is 0 Å². The minimum atomic E-state index is -0.963. The van der Waals surface area contributed by atoms with Crippen LogP contribution in [0.5, 0.6) is 0 Å². The zero-order chi connectivity index (χ0) is 24.8. The van der Waals surface area contributed by atoms with Gasteiger partial charge in [-0.25, -0.2) is 4.79 Å². The van der Waals surface area contributed by atoms with Gasteiger partial charge in [0.05, 0.1) is 7.11 Å². The van der Waals surface area contributed by atoms with Crippen LogP contribution in [0.15, 0.2) is 24.3 Å². The maximum absolute atomic E-state index is 13.6. The first kappa shape index (κ1) is 26.2. The summed E-state index contributed by atoms with van der Waals surface area (Å²) in [5, 5.41) is 5.16. The number of ether oxygens (including phenoxy) is 2. The fraction of sp³-hybridized carbons (Fsp3) is 0.583. The van der Waals surface area contributed by atoms with E-state index in [1.54, 1.807) is 33.8 Å². The van der Waals surface area contributed by atoms with E-state index in [2.05, 4.69) is 15.4 Å². The van der Waals surface area contributed by atoms with E-state index in [0.29, 0.717) is 5.56 Å². The number of aryl methyl sites for hydroxylation is 1. The monoisotopic (exact) mass is 461 g/mol. The molecule has 0 aromatic heterocycles. The third-order valence-corrected chi connectivity index (χ3v) is 5.35. The molecule has 9 nitrogen and oxygen atoms in total. The van der Waals surface area contributed by atoms with Gasteiger partial charge >= 0.3 is 12.1 Å². The Morgan fingerprint density at radius 1 is 1.18 bits per heavy atom. The molecule has 0 radical (unpaired) electrons. The maximum Gasteiger partial charge on any atom is 0.408 e. The number of carbonyl (C=O) groups excluding carboxylic acids is 4. The maximum atomic E-state index is 13.6. The highest BCUT2D eigenvalue weighted by Crippen LogP contribution is 2.34. The van der Waals surface area contributed by atoms with Crippen molar-refractivity contribution >= 4 is 23.9 Å². The minimum Gasteiger partial charge on any atom is -0.468 e. The molecule has 2 unspecified atom stereocenters. The molecule has 2 rings (SSSR count). The number of esters is 1. The summed E-state index contributed by atoms with van der Waals surface area (Å²) in [7, 11) is 1.24. The van der Waals surface area contributed by atoms with Crippen molar-refractivity contribution in [3.8, 4) is 0 Å². The Hall–Kier alpha value is -3.10. The van der Waals surface area contributed by atoms with E-state index in [4.69, 9.17) is 4.74 Å². The van der Waals surface area contributed by atoms with Gasteiger partial charge in [-0.1, -0.05) is 29.8 Å². The second kappa shape index (κ2) is 11.2. The number of hydrogen-bond acceptors (Lipinski definition) is 6. The van der Waals surface area contributed by atoms with Gasteiger partial charge in [0, 0.05) is 6.04 Å². The highest BCUT2D eigenvalue weighted by Gasteiger charge is 2.41. The summed E-state index contributed by atoms with van der Waals surface area (Å²) in [6, 6.07) is 5.30. The molecule has 0 heterocycles. The largest absolute Gasteiger partial charge is 0.468 e. The lowest BCUT2D eigenvalue weighted by Gasteiger charge is -2.43. The Bertz CT molecular complexity index is 875. The molecule has 1 aromatic rings. The van der Waals surface area contributed by atoms with Crippen molar-refractivity contribution in [2.24, 2.45) is 0 Å². The minimum absolute atomic E-state index is 0.158. The smallest absolute Gasteiger partial charge is 0.408 e. The Morgan fingerprint density at radius 3 is 2.36 bits per heavy atom. The van der Waals surface area contributed by atoms with Gasteiger partial charge in [0.1, 0.15) is 24.2 Å². The van der Waals surface area contributed by atoms with E-state index < -0.39 is 41.6 Å². The molecule has 33 heavy (non-hydrogen) atoms. The quantitative estimate of drug-likeness (QED) is 0.575. The summed E-state index contributed by atoms with van der Waals surface area (Å²) >= 11 is 0. The van der Waals surface area contributed by atoms with Crippen LogP contribution in [-0.4, -0.2) is 60.1 Å². The Morgan fingerprint density at radius 2 is 1.85 bits per heavy atom. The molecule has 1 aliphatic rings. The van der Waals surface area contributed by atoms with E-state index >= 15 is 0 Å². The van der Waals surface area contributed by atoms with E-state index in [9.17, 15) is 19.2 Å². The highest BCUT2D eigenvalue weighted by molar-refractivity contribution is 5.93. The highest BCUT2D eigenvalue weighted by atomic mass is 16.6. The summed E-state index contributed by atoms with van der Waals surface area (Å²) in [6.07, 6.45) is 1.72. The van der Waals surface area contributed by atoms with Gasteiger partial charge < -0.3 is 25.0 Å². The van der Waals surface area contributed by atoms with Crippen LogP contribution < -0.4 is 10.6 Å². The Kier molecular flexibility index (Phi) is 8.84. The first-order valence-electron chi connectivity index (χ1n) is 11.2. The molecular formula is C24H35N3O6. The topological polar surface area (TPSA) is 114 Å². The van der Waals surface area contributed by atoms with Crippen molar-refractivity contribution < 1.29 is 28.7 Å². The number of alkyl carbamates (subject to hydrolysis) is 1. The molecule has 9 heteroatoms. The number of benzene rings is 1. The first-order valence-corrected chi connectivity index (χ1v) is 11.2. The second-order valence-corrected chi connectivity index (χ2v) is 9.31. The van der Waals surface area contributed by atoms with Crippen LogP contribution in [0, 0.1) is 6.92 Å². The third-order valence-electron chi connectivity index (χ3n) is 5.35. The Labute approximate surface area is 195 Å². The fourth-order valence-electron chi connectivity index (χ4n) is 3.56. The molecule has 0 saturated heterocycles. The van der Waals surface area contributed by atoms with Gasteiger partial charge in [0.2, 0.25) is 11.8 Å². The van der Waals surface area contributed by atoms with Crippen LogP contribution in [0.1, 0.15) is 64.1 Å². The third kappa shape index (κ3) is 7.47. The van der Waals surface area contributed by atoms with E-state index in [1.807, 2.05) is 25.1 Å². The van der Waals surface area contributed by atoms with Crippen molar-refractivity contribution in [1.82, 2.24) is 15.5 Å². The number of methoxy groups -OCH3 is 1. The number of carbonyl (C=O) groups is 4. The molecule has 1 saturated carbocycles. The van der Waals surface area contributed by atoms with E-state index in [-0.39, 0.29) is 12.6 Å². The van der Waals surface area contributed by atoms with Crippen LogP contribution in [0.4, 0.5) is 4.79 Å².